The molecule has 0 aliphatic carbocycles. The Morgan fingerprint density at radius 3 is 2.79 bits per heavy atom. The second-order valence-corrected chi connectivity index (χ2v) is 4.97. The third kappa shape index (κ3) is 3.92. The summed E-state index contributed by atoms with van der Waals surface area (Å²) in [5, 5.41) is 3.00. The molecule has 1 atom stereocenters. The molecule has 1 fully saturated rings. The summed E-state index contributed by atoms with van der Waals surface area (Å²) in [4.78, 5) is 18.4. The predicted molar refractivity (Wildman–Crippen MR) is 73.4 cm³/mol. The smallest absolute Gasteiger partial charge is 0.253 e. The highest BCUT2D eigenvalue weighted by molar-refractivity contribution is 5.94. The molecule has 5 heteroatoms. The van der Waals surface area contributed by atoms with Gasteiger partial charge < -0.3 is 15.0 Å². The van der Waals surface area contributed by atoms with E-state index in [2.05, 4.69) is 15.2 Å². The van der Waals surface area contributed by atoms with Gasteiger partial charge in [0.05, 0.1) is 12.7 Å². The zero-order valence-electron chi connectivity index (χ0n) is 11.6. The molecule has 2 heterocycles. The van der Waals surface area contributed by atoms with Crippen LogP contribution in [0.25, 0.3) is 0 Å². The van der Waals surface area contributed by atoms with Crippen molar-refractivity contribution in [3.8, 4) is 5.88 Å². The molecule has 1 aliphatic rings. The fraction of sp³-hybridized carbons (Fsp3) is 0.571. The van der Waals surface area contributed by atoms with Gasteiger partial charge in [-0.3, -0.25) is 4.79 Å². The number of methoxy groups -OCH3 is 1. The number of hydrogen-bond donors (Lipinski definition) is 1. The van der Waals surface area contributed by atoms with E-state index in [9.17, 15) is 4.79 Å². The largest absolute Gasteiger partial charge is 0.481 e. The Balaban J connectivity index is 1.84. The van der Waals surface area contributed by atoms with Gasteiger partial charge in [-0.25, -0.2) is 4.98 Å². The minimum Gasteiger partial charge on any atom is -0.481 e. The van der Waals surface area contributed by atoms with Crippen LogP contribution in [0.2, 0.25) is 0 Å². The van der Waals surface area contributed by atoms with Crippen LogP contribution in [0.3, 0.4) is 0 Å². The van der Waals surface area contributed by atoms with Crippen LogP contribution in [0.15, 0.2) is 18.3 Å². The van der Waals surface area contributed by atoms with Crippen LogP contribution in [-0.2, 0) is 0 Å². The van der Waals surface area contributed by atoms with Crippen molar-refractivity contribution in [3.63, 3.8) is 0 Å². The van der Waals surface area contributed by atoms with Crippen molar-refractivity contribution in [3.05, 3.63) is 23.9 Å². The molecule has 0 aromatic carbocycles. The first-order chi connectivity index (χ1) is 9.19. The molecule has 1 aliphatic heterocycles. The fourth-order valence-electron chi connectivity index (χ4n) is 2.34. The van der Waals surface area contributed by atoms with Gasteiger partial charge >= 0.3 is 0 Å². The molecule has 1 unspecified atom stereocenters. The molecule has 1 N–H and O–H groups in total. The monoisotopic (exact) mass is 263 g/mol. The maximum atomic E-state index is 12.0. The highest BCUT2D eigenvalue weighted by Crippen LogP contribution is 2.09. The Morgan fingerprint density at radius 2 is 2.21 bits per heavy atom. The number of likely N-dealkylation sites (tertiary alicyclic amines) is 1. The van der Waals surface area contributed by atoms with E-state index in [1.807, 2.05) is 6.92 Å². The quantitative estimate of drug-likeness (QED) is 0.870. The second kappa shape index (κ2) is 6.52. The van der Waals surface area contributed by atoms with Gasteiger partial charge in [-0.05, 0) is 38.9 Å². The molecule has 1 aromatic heterocycles. The molecule has 1 saturated heterocycles. The number of aromatic nitrogens is 1. The van der Waals surface area contributed by atoms with Crippen molar-refractivity contribution >= 4 is 5.91 Å². The van der Waals surface area contributed by atoms with E-state index >= 15 is 0 Å². The third-order valence-electron chi connectivity index (χ3n) is 3.32. The van der Waals surface area contributed by atoms with Crippen molar-refractivity contribution in [2.75, 3.05) is 26.7 Å². The van der Waals surface area contributed by atoms with Crippen molar-refractivity contribution in [2.45, 2.75) is 25.8 Å². The Bertz CT molecular complexity index is 413. The summed E-state index contributed by atoms with van der Waals surface area (Å²) >= 11 is 0. The summed E-state index contributed by atoms with van der Waals surface area (Å²) in [7, 11) is 1.56. The van der Waals surface area contributed by atoms with Crippen LogP contribution in [-0.4, -0.2) is 48.6 Å². The van der Waals surface area contributed by atoms with Gasteiger partial charge in [-0.15, -0.1) is 0 Å². The predicted octanol–water partition coefficient (Wildman–Crippen LogP) is 1.30. The first-order valence-electron chi connectivity index (χ1n) is 6.72. The fourth-order valence-corrected chi connectivity index (χ4v) is 2.34. The van der Waals surface area contributed by atoms with Gasteiger partial charge in [-0.2, -0.15) is 0 Å². The molecule has 5 nitrogen and oxygen atoms in total. The van der Waals surface area contributed by atoms with Crippen LogP contribution in [0, 0.1) is 0 Å². The second-order valence-electron chi connectivity index (χ2n) is 4.97. The number of rotatable bonds is 5. The van der Waals surface area contributed by atoms with E-state index < -0.39 is 0 Å². The lowest BCUT2D eigenvalue weighted by Gasteiger charge is -2.21. The summed E-state index contributed by atoms with van der Waals surface area (Å²) in [5.41, 5.74) is 0.564. The third-order valence-corrected chi connectivity index (χ3v) is 3.32. The SMILES string of the molecule is COc1ccc(C(=O)NC(C)CN2CCCC2)cn1. The van der Waals surface area contributed by atoms with Crippen molar-refractivity contribution in [1.82, 2.24) is 15.2 Å². The lowest BCUT2D eigenvalue weighted by atomic mass is 10.2. The summed E-state index contributed by atoms with van der Waals surface area (Å²) in [5.74, 6) is 0.434. The van der Waals surface area contributed by atoms with Crippen LogP contribution < -0.4 is 10.1 Å². The van der Waals surface area contributed by atoms with Crippen molar-refractivity contribution in [2.24, 2.45) is 0 Å². The van der Waals surface area contributed by atoms with Gasteiger partial charge in [0, 0.05) is 24.8 Å². The maximum absolute atomic E-state index is 12.0. The molecule has 1 amide bonds. The van der Waals surface area contributed by atoms with Crippen LogP contribution in [0.4, 0.5) is 0 Å². The van der Waals surface area contributed by atoms with Crippen LogP contribution >= 0.6 is 0 Å². The van der Waals surface area contributed by atoms with E-state index in [4.69, 9.17) is 4.74 Å². The lowest BCUT2D eigenvalue weighted by molar-refractivity contribution is 0.0931. The van der Waals surface area contributed by atoms with E-state index in [0.717, 1.165) is 19.6 Å². The zero-order valence-corrected chi connectivity index (χ0v) is 11.6. The highest BCUT2D eigenvalue weighted by atomic mass is 16.5. The van der Waals surface area contributed by atoms with Gasteiger partial charge in [0.25, 0.3) is 5.91 Å². The molecular weight excluding hydrogens is 242 g/mol. The minimum absolute atomic E-state index is 0.0816. The normalized spacial score (nSPS) is 17.2. The molecule has 19 heavy (non-hydrogen) atoms. The topological polar surface area (TPSA) is 54.5 Å². The minimum atomic E-state index is -0.0816. The lowest BCUT2D eigenvalue weighted by Crippen LogP contribution is -2.41. The van der Waals surface area contributed by atoms with E-state index in [-0.39, 0.29) is 11.9 Å². The summed E-state index contributed by atoms with van der Waals surface area (Å²) in [6, 6.07) is 3.57. The van der Waals surface area contributed by atoms with E-state index in [1.54, 1.807) is 19.2 Å². The first kappa shape index (κ1) is 13.8. The van der Waals surface area contributed by atoms with Gasteiger partial charge in [0.1, 0.15) is 0 Å². The van der Waals surface area contributed by atoms with Gasteiger partial charge in [0.2, 0.25) is 5.88 Å². The van der Waals surface area contributed by atoms with Crippen LogP contribution in [0.1, 0.15) is 30.1 Å². The van der Waals surface area contributed by atoms with Crippen molar-refractivity contribution < 1.29 is 9.53 Å². The molecule has 0 radical (unpaired) electrons. The summed E-state index contributed by atoms with van der Waals surface area (Å²) in [6.07, 6.45) is 4.07. The van der Waals surface area contributed by atoms with Gasteiger partial charge in [-0.1, -0.05) is 0 Å². The Morgan fingerprint density at radius 1 is 1.47 bits per heavy atom. The summed E-state index contributed by atoms with van der Waals surface area (Å²) < 4.78 is 4.97. The zero-order chi connectivity index (χ0) is 13.7. The number of hydrogen-bond acceptors (Lipinski definition) is 4. The average Bonchev–Trinajstić information content (AvgIpc) is 2.91. The molecule has 2 rings (SSSR count). The summed E-state index contributed by atoms with van der Waals surface area (Å²) in [6.45, 7) is 5.23. The number of nitrogens with one attached hydrogen (secondary N) is 1. The number of ether oxygens (including phenoxy) is 1. The molecule has 0 bridgehead atoms. The first-order valence-corrected chi connectivity index (χ1v) is 6.72. The molecule has 0 saturated carbocycles. The Hall–Kier alpha value is -1.62. The molecular formula is C14H21N3O2. The van der Waals surface area contributed by atoms with E-state index in [1.165, 1.54) is 19.0 Å². The number of nitrogens with zero attached hydrogens (tertiary/aromatic N) is 2. The Kier molecular flexibility index (Phi) is 4.74. The maximum Gasteiger partial charge on any atom is 0.253 e. The number of carbonyl (C=O) groups excluding carboxylic acids is 1. The van der Waals surface area contributed by atoms with Crippen LogP contribution in [0.5, 0.6) is 5.88 Å². The molecule has 0 spiro atoms. The Labute approximate surface area is 114 Å². The molecule has 104 valence electrons. The molecule has 1 aromatic rings. The number of pyridine rings is 1. The van der Waals surface area contributed by atoms with Gasteiger partial charge in [0.15, 0.2) is 0 Å². The number of carbonyl (C=O) groups is 1. The average molecular weight is 263 g/mol. The number of amides is 1. The van der Waals surface area contributed by atoms with Crippen molar-refractivity contribution in [1.29, 1.82) is 0 Å². The highest BCUT2D eigenvalue weighted by Gasteiger charge is 2.16. The standard InChI is InChI=1S/C14H21N3O2/c1-11(10-17-7-3-4-8-17)16-14(18)12-5-6-13(19-2)15-9-12/h5-6,9,11H,3-4,7-8,10H2,1-2H3,(H,16,18). The van der Waals surface area contributed by atoms with E-state index in [0.29, 0.717) is 11.4 Å².